The molecule has 2 heterocycles. The standard InChI is InChI=1S/C24H24FN3O3/c1-13-7-19-15(8-17(13)25)10-20(28(19)12-14-5-6-14)23-26-18-9-16(24(29)31-4)11-21(30-3)22(18)27(23)2/h7-11,14H,5-6,12H2,1-4H3. The van der Waals surface area contributed by atoms with Gasteiger partial charge in [-0.25, -0.2) is 14.2 Å². The number of nitrogens with zero attached hydrogens (tertiary/aromatic N) is 3. The average Bonchev–Trinajstić information content (AvgIpc) is 3.45. The summed E-state index contributed by atoms with van der Waals surface area (Å²) in [7, 11) is 4.84. The van der Waals surface area contributed by atoms with Crippen LogP contribution in [0.15, 0.2) is 30.3 Å². The van der Waals surface area contributed by atoms with Crippen LogP contribution in [0.2, 0.25) is 0 Å². The first-order valence-corrected chi connectivity index (χ1v) is 10.3. The summed E-state index contributed by atoms with van der Waals surface area (Å²) in [4.78, 5) is 17.0. The molecule has 0 bridgehead atoms. The summed E-state index contributed by atoms with van der Waals surface area (Å²) in [6, 6.07) is 8.88. The first kappa shape index (κ1) is 19.6. The first-order chi connectivity index (χ1) is 14.9. The minimum absolute atomic E-state index is 0.211. The molecule has 4 aromatic rings. The van der Waals surface area contributed by atoms with Crippen molar-refractivity contribution in [2.75, 3.05) is 14.2 Å². The summed E-state index contributed by atoms with van der Waals surface area (Å²) in [5, 5.41) is 0.855. The Kier molecular flexibility index (Phi) is 4.50. The van der Waals surface area contributed by atoms with E-state index in [2.05, 4.69) is 4.57 Å². The van der Waals surface area contributed by atoms with Crippen LogP contribution in [0, 0.1) is 18.7 Å². The van der Waals surface area contributed by atoms with E-state index in [1.807, 2.05) is 23.7 Å². The molecule has 160 valence electrons. The van der Waals surface area contributed by atoms with Crippen LogP contribution < -0.4 is 4.74 Å². The van der Waals surface area contributed by atoms with Crippen LogP contribution in [0.1, 0.15) is 28.8 Å². The first-order valence-electron chi connectivity index (χ1n) is 10.3. The van der Waals surface area contributed by atoms with Gasteiger partial charge >= 0.3 is 5.97 Å². The highest BCUT2D eigenvalue weighted by Crippen LogP contribution is 2.38. The van der Waals surface area contributed by atoms with Crippen molar-refractivity contribution in [1.82, 2.24) is 14.1 Å². The van der Waals surface area contributed by atoms with E-state index in [0.29, 0.717) is 28.3 Å². The Labute approximate surface area is 179 Å². The second kappa shape index (κ2) is 7.11. The predicted octanol–water partition coefficient (Wildman–Crippen LogP) is 4.85. The molecule has 1 fully saturated rings. The van der Waals surface area contributed by atoms with Gasteiger partial charge in [0.15, 0.2) is 5.82 Å². The smallest absolute Gasteiger partial charge is 0.338 e. The molecule has 5 rings (SSSR count). The summed E-state index contributed by atoms with van der Waals surface area (Å²) in [6.07, 6.45) is 2.41. The molecule has 1 saturated carbocycles. The number of benzene rings is 2. The third-order valence-corrected chi connectivity index (χ3v) is 6.12. The number of aryl methyl sites for hydroxylation is 2. The normalized spacial score (nSPS) is 13.8. The molecule has 7 heteroatoms. The maximum absolute atomic E-state index is 14.3. The van der Waals surface area contributed by atoms with Gasteiger partial charge in [-0.05, 0) is 61.6 Å². The Morgan fingerprint density at radius 3 is 2.65 bits per heavy atom. The molecule has 31 heavy (non-hydrogen) atoms. The van der Waals surface area contributed by atoms with Crippen LogP contribution in [-0.2, 0) is 18.3 Å². The van der Waals surface area contributed by atoms with E-state index < -0.39 is 5.97 Å². The Balaban J connectivity index is 1.77. The van der Waals surface area contributed by atoms with Crippen LogP contribution in [-0.4, -0.2) is 34.3 Å². The van der Waals surface area contributed by atoms with Crippen LogP contribution in [0.25, 0.3) is 33.5 Å². The maximum atomic E-state index is 14.3. The van der Waals surface area contributed by atoms with Crippen molar-refractivity contribution in [1.29, 1.82) is 0 Å². The molecule has 0 spiro atoms. The van der Waals surface area contributed by atoms with E-state index in [4.69, 9.17) is 14.5 Å². The molecular formula is C24H24FN3O3. The lowest BCUT2D eigenvalue weighted by Crippen LogP contribution is -2.05. The van der Waals surface area contributed by atoms with E-state index in [9.17, 15) is 9.18 Å². The second-order valence-electron chi connectivity index (χ2n) is 8.28. The number of halogens is 1. The Bertz CT molecular complexity index is 1350. The van der Waals surface area contributed by atoms with Gasteiger partial charge in [0.1, 0.15) is 17.1 Å². The molecule has 0 saturated heterocycles. The molecule has 0 atom stereocenters. The number of rotatable bonds is 5. The highest BCUT2D eigenvalue weighted by molar-refractivity contribution is 5.97. The number of imidazole rings is 1. The van der Waals surface area contributed by atoms with E-state index in [0.717, 1.165) is 34.5 Å². The highest BCUT2D eigenvalue weighted by atomic mass is 19.1. The second-order valence-corrected chi connectivity index (χ2v) is 8.28. The topological polar surface area (TPSA) is 58.3 Å². The van der Waals surface area contributed by atoms with Crippen LogP contribution in [0.4, 0.5) is 4.39 Å². The molecule has 1 aliphatic carbocycles. The number of carbonyl (C=O) groups is 1. The minimum atomic E-state index is -0.443. The highest BCUT2D eigenvalue weighted by Gasteiger charge is 2.26. The number of aromatic nitrogens is 3. The lowest BCUT2D eigenvalue weighted by atomic mass is 10.1. The Morgan fingerprint density at radius 1 is 1.19 bits per heavy atom. The van der Waals surface area contributed by atoms with Gasteiger partial charge in [-0.3, -0.25) is 0 Å². The van der Waals surface area contributed by atoms with Crippen molar-refractivity contribution >= 4 is 27.9 Å². The number of hydrogen-bond acceptors (Lipinski definition) is 4. The van der Waals surface area contributed by atoms with Gasteiger partial charge in [0.05, 0.1) is 31.0 Å². The monoisotopic (exact) mass is 421 g/mol. The number of hydrogen-bond donors (Lipinski definition) is 0. The fourth-order valence-corrected chi connectivity index (χ4v) is 4.26. The van der Waals surface area contributed by atoms with Crippen LogP contribution in [0.5, 0.6) is 5.75 Å². The molecule has 0 radical (unpaired) electrons. The summed E-state index contributed by atoms with van der Waals surface area (Å²) in [6.45, 7) is 2.66. The van der Waals surface area contributed by atoms with Crippen molar-refractivity contribution in [3.8, 4) is 17.3 Å². The van der Waals surface area contributed by atoms with Gasteiger partial charge in [0.2, 0.25) is 0 Å². The molecule has 6 nitrogen and oxygen atoms in total. The van der Waals surface area contributed by atoms with Crippen molar-refractivity contribution < 1.29 is 18.7 Å². The van der Waals surface area contributed by atoms with Gasteiger partial charge in [-0.15, -0.1) is 0 Å². The molecule has 2 aromatic carbocycles. The molecule has 0 N–H and O–H groups in total. The zero-order valence-corrected chi connectivity index (χ0v) is 18.0. The third kappa shape index (κ3) is 3.15. The van der Waals surface area contributed by atoms with Crippen molar-refractivity contribution in [3.63, 3.8) is 0 Å². The largest absolute Gasteiger partial charge is 0.494 e. The fourth-order valence-electron chi connectivity index (χ4n) is 4.26. The average molecular weight is 421 g/mol. The van der Waals surface area contributed by atoms with Gasteiger partial charge in [-0.1, -0.05) is 0 Å². The van der Waals surface area contributed by atoms with E-state index in [1.165, 1.54) is 20.0 Å². The van der Waals surface area contributed by atoms with Gasteiger partial charge in [0.25, 0.3) is 0 Å². The molecule has 0 aliphatic heterocycles. The third-order valence-electron chi connectivity index (χ3n) is 6.12. The summed E-state index contributed by atoms with van der Waals surface area (Å²) < 4.78 is 28.9. The summed E-state index contributed by atoms with van der Waals surface area (Å²) in [5.74, 6) is 1.27. The SMILES string of the molecule is COC(=O)c1cc(OC)c2c(c1)nc(-c1cc3cc(F)c(C)cc3n1CC1CC1)n2C. The Morgan fingerprint density at radius 2 is 1.97 bits per heavy atom. The molecule has 0 amide bonds. The minimum Gasteiger partial charge on any atom is -0.494 e. The zero-order valence-electron chi connectivity index (χ0n) is 18.0. The summed E-state index contributed by atoms with van der Waals surface area (Å²) in [5.41, 5.74) is 4.37. The lowest BCUT2D eigenvalue weighted by Gasteiger charge is -2.11. The quantitative estimate of drug-likeness (QED) is 0.433. The zero-order chi connectivity index (χ0) is 21.9. The number of esters is 1. The number of ether oxygens (including phenoxy) is 2. The maximum Gasteiger partial charge on any atom is 0.338 e. The number of fused-ring (bicyclic) bond motifs is 2. The van der Waals surface area contributed by atoms with E-state index in [-0.39, 0.29) is 5.82 Å². The lowest BCUT2D eigenvalue weighted by molar-refractivity contribution is 0.0600. The molecule has 1 aliphatic rings. The molecular weight excluding hydrogens is 397 g/mol. The number of methoxy groups -OCH3 is 2. The van der Waals surface area contributed by atoms with Crippen LogP contribution >= 0.6 is 0 Å². The van der Waals surface area contributed by atoms with Crippen molar-refractivity contribution in [2.24, 2.45) is 13.0 Å². The molecule has 2 aromatic heterocycles. The van der Waals surface area contributed by atoms with Gasteiger partial charge < -0.3 is 18.6 Å². The van der Waals surface area contributed by atoms with Crippen molar-refractivity contribution in [2.45, 2.75) is 26.3 Å². The summed E-state index contributed by atoms with van der Waals surface area (Å²) >= 11 is 0. The number of carbonyl (C=O) groups excluding carboxylic acids is 1. The van der Waals surface area contributed by atoms with Crippen LogP contribution in [0.3, 0.4) is 0 Å². The van der Waals surface area contributed by atoms with Gasteiger partial charge in [0, 0.05) is 24.5 Å². The van der Waals surface area contributed by atoms with Gasteiger partial charge in [-0.2, -0.15) is 0 Å². The van der Waals surface area contributed by atoms with Crippen molar-refractivity contribution in [3.05, 3.63) is 47.3 Å². The Hall–Kier alpha value is -3.35. The van der Waals surface area contributed by atoms with E-state index >= 15 is 0 Å². The predicted molar refractivity (Wildman–Crippen MR) is 117 cm³/mol. The molecule has 0 unspecified atom stereocenters. The fraction of sp³-hybridized carbons (Fsp3) is 0.333. The van der Waals surface area contributed by atoms with E-state index in [1.54, 1.807) is 32.2 Å².